The van der Waals surface area contributed by atoms with Crippen molar-refractivity contribution >= 4 is 11.3 Å². The van der Waals surface area contributed by atoms with Crippen molar-refractivity contribution in [2.24, 2.45) is 5.92 Å². The molecule has 0 bridgehead atoms. The molecule has 2 nitrogen and oxygen atoms in total. The van der Waals surface area contributed by atoms with Crippen molar-refractivity contribution < 1.29 is 0 Å². The van der Waals surface area contributed by atoms with Gasteiger partial charge in [-0.05, 0) is 31.7 Å². The molecular weight excluding hydrogens is 264 g/mol. The van der Waals surface area contributed by atoms with Crippen LogP contribution in [0.4, 0.5) is 0 Å². The third-order valence-electron chi connectivity index (χ3n) is 3.66. The summed E-state index contributed by atoms with van der Waals surface area (Å²) in [6.45, 7) is 4.22. The minimum Gasteiger partial charge on any atom is -0.312 e. The van der Waals surface area contributed by atoms with E-state index in [1.54, 1.807) is 0 Å². The molecule has 20 heavy (non-hydrogen) atoms. The SMILES string of the molecule is CCCNCc1sc(CC2CC2)nc1-c1ccccc1. The second kappa shape index (κ2) is 6.51. The Kier molecular flexibility index (Phi) is 4.48. The minimum atomic E-state index is 0.904. The highest BCUT2D eigenvalue weighted by Gasteiger charge is 2.24. The van der Waals surface area contributed by atoms with E-state index in [9.17, 15) is 0 Å². The topological polar surface area (TPSA) is 24.9 Å². The summed E-state index contributed by atoms with van der Waals surface area (Å²) in [6, 6.07) is 10.6. The van der Waals surface area contributed by atoms with Crippen LogP contribution >= 0.6 is 11.3 Å². The Bertz CT molecular complexity index is 543. The molecule has 0 spiro atoms. The maximum atomic E-state index is 4.92. The molecule has 106 valence electrons. The molecule has 1 heterocycles. The summed E-state index contributed by atoms with van der Waals surface area (Å²) in [5, 5.41) is 4.83. The Morgan fingerprint density at radius 3 is 2.75 bits per heavy atom. The number of nitrogens with one attached hydrogen (secondary N) is 1. The van der Waals surface area contributed by atoms with Crippen LogP contribution in [0.25, 0.3) is 11.3 Å². The van der Waals surface area contributed by atoms with Crippen LogP contribution in [0.15, 0.2) is 30.3 Å². The smallest absolute Gasteiger partial charge is 0.0938 e. The van der Waals surface area contributed by atoms with Gasteiger partial charge in [-0.2, -0.15) is 0 Å². The third kappa shape index (κ3) is 3.47. The van der Waals surface area contributed by atoms with Gasteiger partial charge in [0.25, 0.3) is 0 Å². The molecule has 0 radical (unpaired) electrons. The number of nitrogens with zero attached hydrogens (tertiary/aromatic N) is 1. The van der Waals surface area contributed by atoms with E-state index in [4.69, 9.17) is 4.98 Å². The van der Waals surface area contributed by atoms with E-state index >= 15 is 0 Å². The number of thiazole rings is 1. The summed E-state index contributed by atoms with van der Waals surface area (Å²) < 4.78 is 0. The molecule has 1 saturated carbocycles. The van der Waals surface area contributed by atoms with E-state index in [2.05, 4.69) is 42.6 Å². The Morgan fingerprint density at radius 2 is 2.05 bits per heavy atom. The molecule has 1 aliphatic carbocycles. The summed E-state index contributed by atoms with van der Waals surface area (Å²) >= 11 is 1.90. The first kappa shape index (κ1) is 13.8. The van der Waals surface area contributed by atoms with Crippen molar-refractivity contribution in [3.8, 4) is 11.3 Å². The number of aromatic nitrogens is 1. The van der Waals surface area contributed by atoms with Gasteiger partial charge in [0.2, 0.25) is 0 Å². The van der Waals surface area contributed by atoms with Crippen LogP contribution in [0.2, 0.25) is 0 Å². The molecule has 1 N–H and O–H groups in total. The highest BCUT2D eigenvalue weighted by Crippen LogP contribution is 2.36. The van der Waals surface area contributed by atoms with Crippen LogP contribution < -0.4 is 5.32 Å². The summed E-state index contributed by atoms with van der Waals surface area (Å²) in [5.74, 6) is 0.904. The number of rotatable bonds is 7. The Labute approximate surface area is 125 Å². The fourth-order valence-electron chi connectivity index (χ4n) is 2.38. The Balaban J connectivity index is 1.82. The molecule has 0 aliphatic heterocycles. The molecule has 1 aromatic carbocycles. The highest BCUT2D eigenvalue weighted by atomic mass is 32.1. The van der Waals surface area contributed by atoms with Gasteiger partial charge in [-0.3, -0.25) is 0 Å². The van der Waals surface area contributed by atoms with Crippen molar-refractivity contribution in [1.29, 1.82) is 0 Å². The molecule has 3 heteroatoms. The predicted molar refractivity (Wildman–Crippen MR) is 86.0 cm³/mol. The van der Waals surface area contributed by atoms with Gasteiger partial charge in [0.05, 0.1) is 10.7 Å². The monoisotopic (exact) mass is 286 g/mol. The van der Waals surface area contributed by atoms with Crippen LogP contribution in [0.1, 0.15) is 36.1 Å². The van der Waals surface area contributed by atoms with E-state index < -0.39 is 0 Å². The zero-order chi connectivity index (χ0) is 13.8. The van der Waals surface area contributed by atoms with Gasteiger partial charge in [0.1, 0.15) is 0 Å². The molecule has 0 amide bonds. The van der Waals surface area contributed by atoms with Crippen LogP contribution in [0.5, 0.6) is 0 Å². The van der Waals surface area contributed by atoms with Gasteiger partial charge in [-0.1, -0.05) is 37.3 Å². The van der Waals surface area contributed by atoms with Crippen molar-refractivity contribution in [3.63, 3.8) is 0 Å². The van der Waals surface area contributed by atoms with Gasteiger partial charge in [0, 0.05) is 23.4 Å². The summed E-state index contributed by atoms with van der Waals surface area (Å²) in [4.78, 5) is 6.31. The maximum Gasteiger partial charge on any atom is 0.0938 e. The van der Waals surface area contributed by atoms with E-state index in [-0.39, 0.29) is 0 Å². The lowest BCUT2D eigenvalue weighted by molar-refractivity contribution is 0.681. The van der Waals surface area contributed by atoms with Gasteiger partial charge < -0.3 is 5.32 Å². The van der Waals surface area contributed by atoms with Crippen LogP contribution in [0.3, 0.4) is 0 Å². The first-order chi connectivity index (χ1) is 9.86. The average molecular weight is 286 g/mol. The molecule has 0 unspecified atom stereocenters. The second-order valence-corrected chi connectivity index (χ2v) is 6.74. The lowest BCUT2D eigenvalue weighted by Gasteiger charge is -2.03. The van der Waals surface area contributed by atoms with E-state index in [0.29, 0.717) is 0 Å². The van der Waals surface area contributed by atoms with Gasteiger partial charge in [-0.25, -0.2) is 4.98 Å². The van der Waals surface area contributed by atoms with Crippen LogP contribution in [-0.2, 0) is 13.0 Å². The largest absolute Gasteiger partial charge is 0.312 e. The fraction of sp³-hybridized carbons (Fsp3) is 0.471. The molecule has 2 aromatic rings. The molecule has 1 aromatic heterocycles. The van der Waals surface area contributed by atoms with E-state index in [1.165, 1.54) is 46.8 Å². The Hall–Kier alpha value is -1.19. The molecule has 0 atom stereocenters. The Morgan fingerprint density at radius 1 is 1.25 bits per heavy atom. The van der Waals surface area contributed by atoms with Gasteiger partial charge >= 0.3 is 0 Å². The number of benzene rings is 1. The zero-order valence-corrected chi connectivity index (χ0v) is 12.9. The fourth-order valence-corrected chi connectivity index (χ4v) is 3.55. The number of hydrogen-bond acceptors (Lipinski definition) is 3. The standard InChI is InChI=1S/C17H22N2S/c1-2-10-18-12-15-17(14-6-4-3-5-7-14)19-16(20-15)11-13-8-9-13/h3-7,13,18H,2,8-12H2,1H3. The summed E-state index contributed by atoms with van der Waals surface area (Å²) in [7, 11) is 0. The molecule has 3 rings (SSSR count). The molecule has 1 aliphatic rings. The first-order valence-corrected chi connectivity index (χ1v) is 8.43. The van der Waals surface area contributed by atoms with E-state index in [0.717, 1.165) is 19.0 Å². The van der Waals surface area contributed by atoms with Crippen molar-refractivity contribution in [2.45, 2.75) is 39.2 Å². The van der Waals surface area contributed by atoms with Crippen molar-refractivity contribution in [3.05, 3.63) is 40.2 Å². The van der Waals surface area contributed by atoms with Crippen molar-refractivity contribution in [2.75, 3.05) is 6.54 Å². The maximum absolute atomic E-state index is 4.92. The normalized spacial score (nSPS) is 14.7. The summed E-state index contributed by atoms with van der Waals surface area (Å²) in [6.07, 6.45) is 5.14. The van der Waals surface area contributed by atoms with E-state index in [1.807, 2.05) is 11.3 Å². The van der Waals surface area contributed by atoms with Crippen molar-refractivity contribution in [1.82, 2.24) is 10.3 Å². The number of hydrogen-bond donors (Lipinski definition) is 1. The lowest BCUT2D eigenvalue weighted by Crippen LogP contribution is -2.13. The molecular formula is C17H22N2S. The van der Waals surface area contributed by atoms with Gasteiger partial charge in [-0.15, -0.1) is 11.3 Å². The van der Waals surface area contributed by atoms with Crippen LogP contribution in [-0.4, -0.2) is 11.5 Å². The van der Waals surface area contributed by atoms with Gasteiger partial charge in [0.15, 0.2) is 0 Å². The average Bonchev–Trinajstić information content (AvgIpc) is 3.20. The third-order valence-corrected chi connectivity index (χ3v) is 4.74. The second-order valence-electron chi connectivity index (χ2n) is 5.57. The molecule has 0 saturated heterocycles. The zero-order valence-electron chi connectivity index (χ0n) is 12.1. The predicted octanol–water partition coefficient (Wildman–Crippen LogP) is 4.26. The lowest BCUT2D eigenvalue weighted by atomic mass is 10.1. The first-order valence-electron chi connectivity index (χ1n) is 7.61. The minimum absolute atomic E-state index is 0.904. The quantitative estimate of drug-likeness (QED) is 0.769. The molecule has 1 fully saturated rings. The highest BCUT2D eigenvalue weighted by molar-refractivity contribution is 7.12. The van der Waals surface area contributed by atoms with Crippen LogP contribution in [0, 0.1) is 5.92 Å². The summed E-state index contributed by atoms with van der Waals surface area (Å²) in [5.41, 5.74) is 2.44.